The van der Waals surface area contributed by atoms with Gasteiger partial charge >= 0.3 is 0 Å². The Morgan fingerprint density at radius 2 is 1.74 bits per heavy atom. The molecule has 0 amide bonds. The first-order chi connectivity index (χ1) is 9.10. The highest BCUT2D eigenvalue weighted by atomic mass is 19.1. The highest BCUT2D eigenvalue weighted by Gasteiger charge is 2.27. The van der Waals surface area contributed by atoms with Crippen molar-refractivity contribution < 1.29 is 18.3 Å². The zero-order chi connectivity index (χ0) is 13.8. The van der Waals surface area contributed by atoms with Crippen LogP contribution < -0.4 is 0 Å². The fraction of sp³-hybridized carbons (Fsp3) is 0.600. The number of halogens is 2. The summed E-state index contributed by atoms with van der Waals surface area (Å²) in [5.74, 6) is -0.895. The summed E-state index contributed by atoms with van der Waals surface area (Å²) >= 11 is 0. The van der Waals surface area contributed by atoms with E-state index in [1.807, 2.05) is 6.92 Å². The van der Waals surface area contributed by atoms with Crippen molar-refractivity contribution >= 4 is 0 Å². The lowest BCUT2D eigenvalue weighted by Gasteiger charge is -2.33. The molecule has 1 aliphatic rings. The molecule has 0 saturated carbocycles. The SMILES string of the molecule is CCCC1COC(C(C)c2cc(F)cc(F)c2)OC1. The lowest BCUT2D eigenvalue weighted by atomic mass is 9.98. The van der Waals surface area contributed by atoms with Crippen LogP contribution in [0.5, 0.6) is 0 Å². The van der Waals surface area contributed by atoms with Gasteiger partial charge in [0.2, 0.25) is 0 Å². The van der Waals surface area contributed by atoms with Crippen molar-refractivity contribution in [2.45, 2.75) is 38.9 Å². The van der Waals surface area contributed by atoms with Gasteiger partial charge in [-0.2, -0.15) is 0 Å². The molecule has 0 aliphatic carbocycles. The Labute approximate surface area is 112 Å². The van der Waals surface area contributed by atoms with Crippen molar-refractivity contribution in [3.63, 3.8) is 0 Å². The van der Waals surface area contributed by atoms with E-state index in [1.54, 1.807) is 0 Å². The molecule has 1 heterocycles. The number of benzene rings is 1. The fourth-order valence-corrected chi connectivity index (χ4v) is 2.42. The van der Waals surface area contributed by atoms with E-state index in [4.69, 9.17) is 9.47 Å². The molecule has 1 aliphatic heterocycles. The Morgan fingerprint density at radius 3 is 2.26 bits per heavy atom. The average Bonchev–Trinajstić information content (AvgIpc) is 2.38. The van der Waals surface area contributed by atoms with Gasteiger partial charge in [0.05, 0.1) is 13.2 Å². The molecule has 2 rings (SSSR count). The molecule has 0 aromatic heterocycles. The topological polar surface area (TPSA) is 18.5 Å². The van der Waals surface area contributed by atoms with Crippen molar-refractivity contribution in [1.82, 2.24) is 0 Å². The van der Waals surface area contributed by atoms with Crippen LogP contribution in [0.4, 0.5) is 8.78 Å². The first kappa shape index (κ1) is 14.4. The summed E-state index contributed by atoms with van der Waals surface area (Å²) in [6.45, 7) is 5.30. The third-order valence-electron chi connectivity index (χ3n) is 3.51. The number of rotatable bonds is 4. The molecule has 1 aromatic rings. The van der Waals surface area contributed by atoms with Crippen LogP contribution in [0.3, 0.4) is 0 Å². The van der Waals surface area contributed by atoms with Crippen LogP contribution in [0.2, 0.25) is 0 Å². The second kappa shape index (κ2) is 6.44. The van der Waals surface area contributed by atoms with E-state index < -0.39 is 17.9 Å². The molecule has 2 nitrogen and oxygen atoms in total. The highest BCUT2D eigenvalue weighted by molar-refractivity contribution is 5.22. The lowest BCUT2D eigenvalue weighted by Crippen LogP contribution is -2.35. The van der Waals surface area contributed by atoms with Crippen molar-refractivity contribution in [3.05, 3.63) is 35.4 Å². The second-order valence-corrected chi connectivity index (χ2v) is 5.18. The smallest absolute Gasteiger partial charge is 0.164 e. The summed E-state index contributed by atoms with van der Waals surface area (Å²) in [5, 5.41) is 0. The maximum absolute atomic E-state index is 13.2. The van der Waals surface area contributed by atoms with Crippen LogP contribution in [0, 0.1) is 17.6 Å². The van der Waals surface area contributed by atoms with Crippen molar-refractivity contribution in [1.29, 1.82) is 0 Å². The van der Waals surface area contributed by atoms with Crippen molar-refractivity contribution in [3.8, 4) is 0 Å². The van der Waals surface area contributed by atoms with Gasteiger partial charge in [0.25, 0.3) is 0 Å². The molecule has 1 unspecified atom stereocenters. The fourth-order valence-electron chi connectivity index (χ4n) is 2.42. The Kier molecular flexibility index (Phi) is 4.88. The minimum absolute atomic E-state index is 0.187. The molecule has 19 heavy (non-hydrogen) atoms. The monoisotopic (exact) mass is 270 g/mol. The molecule has 1 fully saturated rings. The van der Waals surface area contributed by atoms with Gasteiger partial charge in [-0.1, -0.05) is 20.3 Å². The van der Waals surface area contributed by atoms with E-state index in [9.17, 15) is 8.78 Å². The molecule has 0 bridgehead atoms. The van der Waals surface area contributed by atoms with E-state index in [0.717, 1.165) is 18.9 Å². The summed E-state index contributed by atoms with van der Waals surface area (Å²) < 4.78 is 37.7. The summed E-state index contributed by atoms with van der Waals surface area (Å²) in [6.07, 6.45) is 1.76. The molecule has 0 spiro atoms. The summed E-state index contributed by atoms with van der Waals surface area (Å²) in [7, 11) is 0. The van der Waals surface area contributed by atoms with Crippen LogP contribution in [0.1, 0.15) is 38.2 Å². The molecule has 0 radical (unpaired) electrons. The Hall–Kier alpha value is -1.00. The normalized spacial score (nSPS) is 25.3. The Morgan fingerprint density at radius 1 is 1.16 bits per heavy atom. The van der Waals surface area contributed by atoms with Gasteiger partial charge in [-0.05, 0) is 24.1 Å². The molecular formula is C15H20F2O2. The molecule has 1 saturated heterocycles. The van der Waals surface area contributed by atoms with Gasteiger partial charge in [-0.3, -0.25) is 0 Å². The molecule has 106 valence electrons. The summed E-state index contributed by atoms with van der Waals surface area (Å²) in [6, 6.07) is 3.54. The highest BCUT2D eigenvalue weighted by Crippen LogP contribution is 2.28. The zero-order valence-electron chi connectivity index (χ0n) is 11.4. The first-order valence-electron chi connectivity index (χ1n) is 6.79. The van der Waals surface area contributed by atoms with Crippen molar-refractivity contribution in [2.75, 3.05) is 13.2 Å². The largest absolute Gasteiger partial charge is 0.352 e. The standard InChI is InChI=1S/C15H20F2O2/c1-3-4-11-8-18-15(19-9-11)10(2)12-5-13(16)7-14(17)6-12/h5-7,10-11,15H,3-4,8-9H2,1-2H3. The Bertz CT molecular complexity index is 394. The zero-order valence-corrected chi connectivity index (χ0v) is 11.4. The van der Waals surface area contributed by atoms with Gasteiger partial charge < -0.3 is 9.47 Å². The van der Waals surface area contributed by atoms with Gasteiger partial charge in [-0.15, -0.1) is 0 Å². The van der Waals surface area contributed by atoms with Gasteiger partial charge in [0, 0.05) is 17.9 Å². The summed E-state index contributed by atoms with van der Waals surface area (Å²) in [4.78, 5) is 0. The maximum atomic E-state index is 13.2. The minimum Gasteiger partial charge on any atom is -0.352 e. The van der Waals surface area contributed by atoms with E-state index in [-0.39, 0.29) is 5.92 Å². The van der Waals surface area contributed by atoms with Gasteiger partial charge in [0.1, 0.15) is 11.6 Å². The molecule has 4 heteroatoms. The number of ether oxygens (including phenoxy) is 2. The van der Waals surface area contributed by atoms with Crippen LogP contribution in [0.25, 0.3) is 0 Å². The van der Waals surface area contributed by atoms with Crippen LogP contribution in [-0.4, -0.2) is 19.5 Å². The van der Waals surface area contributed by atoms with Crippen LogP contribution in [-0.2, 0) is 9.47 Å². The lowest BCUT2D eigenvalue weighted by molar-refractivity contribution is -0.210. The van der Waals surface area contributed by atoms with E-state index in [0.29, 0.717) is 24.7 Å². The molecular weight excluding hydrogens is 250 g/mol. The quantitative estimate of drug-likeness (QED) is 0.827. The van der Waals surface area contributed by atoms with E-state index in [1.165, 1.54) is 12.1 Å². The number of hydrogen-bond donors (Lipinski definition) is 0. The molecule has 1 aromatic carbocycles. The third kappa shape index (κ3) is 3.74. The van der Waals surface area contributed by atoms with Gasteiger partial charge in [0.15, 0.2) is 6.29 Å². The van der Waals surface area contributed by atoms with Gasteiger partial charge in [-0.25, -0.2) is 8.78 Å². The van der Waals surface area contributed by atoms with E-state index in [2.05, 4.69) is 6.92 Å². The predicted molar refractivity (Wildman–Crippen MR) is 68.9 cm³/mol. The second-order valence-electron chi connectivity index (χ2n) is 5.18. The predicted octanol–water partition coefficient (Wildman–Crippen LogP) is 3.86. The number of hydrogen-bond acceptors (Lipinski definition) is 2. The van der Waals surface area contributed by atoms with Crippen molar-refractivity contribution in [2.24, 2.45) is 5.92 Å². The first-order valence-corrected chi connectivity index (χ1v) is 6.79. The Balaban J connectivity index is 1.98. The molecule has 1 atom stereocenters. The van der Waals surface area contributed by atoms with Crippen LogP contribution in [0.15, 0.2) is 18.2 Å². The van der Waals surface area contributed by atoms with Crippen LogP contribution >= 0.6 is 0 Å². The summed E-state index contributed by atoms with van der Waals surface area (Å²) in [5.41, 5.74) is 0.566. The minimum atomic E-state index is -0.568. The maximum Gasteiger partial charge on any atom is 0.164 e. The average molecular weight is 270 g/mol. The van der Waals surface area contributed by atoms with E-state index >= 15 is 0 Å². The third-order valence-corrected chi connectivity index (χ3v) is 3.51. The molecule has 0 N–H and O–H groups in total.